The summed E-state index contributed by atoms with van der Waals surface area (Å²) in [6.07, 6.45) is 1.69. The van der Waals surface area contributed by atoms with E-state index in [1.807, 2.05) is 54.6 Å². The number of amides is 2. The molecule has 0 bridgehead atoms. The number of benzene rings is 2. The van der Waals surface area contributed by atoms with Crippen molar-refractivity contribution in [2.45, 2.75) is 22.8 Å². The third kappa shape index (κ3) is 4.26. The van der Waals surface area contributed by atoms with Crippen molar-refractivity contribution in [1.82, 2.24) is 4.90 Å². The summed E-state index contributed by atoms with van der Waals surface area (Å²) in [4.78, 5) is 39.9. The predicted octanol–water partition coefficient (Wildman–Crippen LogP) is 4.44. The van der Waals surface area contributed by atoms with Crippen LogP contribution in [0.1, 0.15) is 12.5 Å². The lowest BCUT2D eigenvalue weighted by Crippen LogP contribution is -2.42. The number of imide groups is 1. The van der Waals surface area contributed by atoms with Crippen LogP contribution in [-0.2, 0) is 14.3 Å². The Morgan fingerprint density at radius 3 is 2.48 bits per heavy atom. The zero-order valence-corrected chi connectivity index (χ0v) is 16.4. The molecule has 5 nitrogen and oxygen atoms in total. The zero-order valence-electron chi connectivity index (χ0n) is 14.7. The maximum atomic E-state index is 12.7. The first-order valence-corrected chi connectivity index (χ1v) is 9.81. The van der Waals surface area contributed by atoms with Gasteiger partial charge in [-0.2, -0.15) is 0 Å². The molecular formula is C20H17NO4S2. The molecule has 1 saturated heterocycles. The van der Waals surface area contributed by atoms with Gasteiger partial charge in [0, 0.05) is 9.79 Å². The van der Waals surface area contributed by atoms with Gasteiger partial charge in [0.1, 0.15) is 6.04 Å². The molecule has 138 valence electrons. The van der Waals surface area contributed by atoms with Crippen molar-refractivity contribution in [2.24, 2.45) is 0 Å². The van der Waals surface area contributed by atoms with Crippen molar-refractivity contribution in [1.29, 1.82) is 0 Å². The van der Waals surface area contributed by atoms with Crippen LogP contribution < -0.4 is 0 Å². The van der Waals surface area contributed by atoms with Crippen molar-refractivity contribution < 1.29 is 19.1 Å². The summed E-state index contributed by atoms with van der Waals surface area (Å²) in [6.45, 7) is 1.48. The average molecular weight is 399 g/mol. The summed E-state index contributed by atoms with van der Waals surface area (Å²) in [5.41, 5.74) is 0.836. The van der Waals surface area contributed by atoms with E-state index in [1.165, 1.54) is 14.0 Å². The van der Waals surface area contributed by atoms with Crippen molar-refractivity contribution in [3.8, 4) is 0 Å². The van der Waals surface area contributed by atoms with Gasteiger partial charge >= 0.3 is 5.97 Å². The summed E-state index contributed by atoms with van der Waals surface area (Å²) in [6, 6.07) is 16.6. The summed E-state index contributed by atoms with van der Waals surface area (Å²) < 4.78 is 4.64. The number of carbonyl (C=O) groups is 3. The van der Waals surface area contributed by atoms with Gasteiger partial charge in [-0.05, 0) is 48.5 Å². The average Bonchev–Trinajstić information content (AvgIpc) is 2.96. The van der Waals surface area contributed by atoms with E-state index in [9.17, 15) is 14.4 Å². The lowest BCUT2D eigenvalue weighted by atomic mass is 10.2. The highest BCUT2D eigenvalue weighted by Gasteiger charge is 2.41. The molecule has 0 radical (unpaired) electrons. The van der Waals surface area contributed by atoms with Crippen LogP contribution in [0.25, 0.3) is 6.08 Å². The fourth-order valence-electron chi connectivity index (χ4n) is 2.54. The Labute approximate surface area is 165 Å². The van der Waals surface area contributed by atoms with Crippen LogP contribution in [0, 0.1) is 0 Å². The minimum absolute atomic E-state index is 0.289. The largest absolute Gasteiger partial charge is 0.467 e. The van der Waals surface area contributed by atoms with Gasteiger partial charge in [-0.25, -0.2) is 4.79 Å². The van der Waals surface area contributed by atoms with Gasteiger partial charge in [-0.15, -0.1) is 0 Å². The highest BCUT2D eigenvalue weighted by atomic mass is 32.2. The van der Waals surface area contributed by atoms with Gasteiger partial charge in [0.25, 0.3) is 11.1 Å². The Kier molecular flexibility index (Phi) is 6.03. The number of nitrogens with zero attached hydrogens (tertiary/aromatic N) is 1. The van der Waals surface area contributed by atoms with E-state index < -0.39 is 23.2 Å². The number of ether oxygens (including phenoxy) is 1. The minimum atomic E-state index is -0.956. The molecule has 0 aromatic heterocycles. The molecule has 1 heterocycles. The second-order valence-electron chi connectivity index (χ2n) is 5.70. The second-order valence-corrected chi connectivity index (χ2v) is 7.81. The molecule has 7 heteroatoms. The minimum Gasteiger partial charge on any atom is -0.467 e. The molecule has 1 aliphatic rings. The SMILES string of the molecule is COC(=O)[C@@H](C)N1C(=O)S/C(=C\c2ccccc2Sc2ccccc2)C1=O. The number of hydrogen-bond donors (Lipinski definition) is 0. The van der Waals surface area contributed by atoms with Crippen molar-refractivity contribution in [2.75, 3.05) is 7.11 Å². The first kappa shape index (κ1) is 19.3. The van der Waals surface area contributed by atoms with Gasteiger partial charge in [0.2, 0.25) is 0 Å². The van der Waals surface area contributed by atoms with Gasteiger partial charge in [0.05, 0.1) is 12.0 Å². The summed E-state index contributed by atoms with van der Waals surface area (Å²) in [5.74, 6) is -1.11. The van der Waals surface area contributed by atoms with Crippen molar-refractivity contribution in [3.63, 3.8) is 0 Å². The number of esters is 1. The summed E-state index contributed by atoms with van der Waals surface area (Å²) in [7, 11) is 1.23. The first-order valence-electron chi connectivity index (χ1n) is 8.18. The Morgan fingerprint density at radius 2 is 1.78 bits per heavy atom. The van der Waals surface area contributed by atoms with E-state index in [2.05, 4.69) is 4.74 Å². The Morgan fingerprint density at radius 1 is 1.11 bits per heavy atom. The maximum Gasteiger partial charge on any atom is 0.328 e. The molecule has 1 atom stereocenters. The van der Waals surface area contributed by atoms with E-state index >= 15 is 0 Å². The van der Waals surface area contributed by atoms with Crippen LogP contribution in [0.2, 0.25) is 0 Å². The van der Waals surface area contributed by atoms with Crippen LogP contribution in [-0.4, -0.2) is 35.2 Å². The standard InChI is InChI=1S/C20H17NO4S2/c1-13(19(23)25-2)21-18(22)17(27-20(21)24)12-14-8-6-7-11-16(14)26-15-9-4-3-5-10-15/h3-13H,1-2H3/b17-12-/t13-/m1/s1. The highest BCUT2D eigenvalue weighted by molar-refractivity contribution is 8.18. The van der Waals surface area contributed by atoms with E-state index in [0.29, 0.717) is 0 Å². The molecule has 2 aromatic rings. The fraction of sp³-hybridized carbons (Fsp3) is 0.150. The molecule has 3 rings (SSSR count). The Bertz CT molecular complexity index is 911. The predicted molar refractivity (Wildman–Crippen MR) is 106 cm³/mol. The third-order valence-electron chi connectivity index (χ3n) is 3.93. The van der Waals surface area contributed by atoms with Crippen LogP contribution in [0.4, 0.5) is 4.79 Å². The Hall–Kier alpha value is -2.51. The highest BCUT2D eigenvalue weighted by Crippen LogP contribution is 2.37. The fourth-order valence-corrected chi connectivity index (χ4v) is 4.38. The molecule has 2 aromatic carbocycles. The van der Waals surface area contributed by atoms with Crippen molar-refractivity contribution in [3.05, 3.63) is 65.1 Å². The van der Waals surface area contributed by atoms with Gasteiger partial charge in [0.15, 0.2) is 0 Å². The van der Waals surface area contributed by atoms with Gasteiger partial charge < -0.3 is 4.74 Å². The molecule has 0 saturated carbocycles. The molecule has 1 aliphatic heterocycles. The Balaban J connectivity index is 1.88. The normalized spacial score (nSPS) is 16.7. The molecule has 27 heavy (non-hydrogen) atoms. The first-order chi connectivity index (χ1) is 13.0. The van der Waals surface area contributed by atoms with E-state index in [1.54, 1.807) is 17.8 Å². The third-order valence-corrected chi connectivity index (χ3v) is 5.91. The number of rotatable bonds is 5. The monoisotopic (exact) mass is 399 g/mol. The molecule has 0 N–H and O–H groups in total. The quantitative estimate of drug-likeness (QED) is 0.547. The van der Waals surface area contributed by atoms with Crippen LogP contribution in [0.15, 0.2) is 69.3 Å². The maximum absolute atomic E-state index is 12.7. The molecular weight excluding hydrogens is 382 g/mol. The van der Waals surface area contributed by atoms with Gasteiger partial charge in [-0.1, -0.05) is 48.2 Å². The molecule has 0 unspecified atom stereocenters. The number of hydrogen-bond acceptors (Lipinski definition) is 6. The second kappa shape index (κ2) is 8.45. The summed E-state index contributed by atoms with van der Waals surface area (Å²) >= 11 is 2.41. The number of thioether (sulfide) groups is 1. The molecule has 2 amide bonds. The smallest absolute Gasteiger partial charge is 0.328 e. The lowest BCUT2D eigenvalue weighted by molar-refractivity contribution is -0.148. The van der Waals surface area contributed by atoms with E-state index in [4.69, 9.17) is 0 Å². The van der Waals surface area contributed by atoms with E-state index in [-0.39, 0.29) is 4.91 Å². The van der Waals surface area contributed by atoms with Gasteiger partial charge in [-0.3, -0.25) is 14.5 Å². The van der Waals surface area contributed by atoms with Crippen LogP contribution >= 0.6 is 23.5 Å². The van der Waals surface area contributed by atoms with Crippen molar-refractivity contribution >= 4 is 46.7 Å². The van der Waals surface area contributed by atoms with Crippen LogP contribution in [0.5, 0.6) is 0 Å². The topological polar surface area (TPSA) is 63.7 Å². The summed E-state index contributed by atoms with van der Waals surface area (Å²) in [5, 5.41) is -0.475. The lowest BCUT2D eigenvalue weighted by Gasteiger charge is -2.18. The number of carbonyl (C=O) groups excluding carboxylic acids is 3. The van der Waals surface area contributed by atoms with E-state index in [0.717, 1.165) is 32.0 Å². The number of methoxy groups -OCH3 is 1. The molecule has 1 fully saturated rings. The van der Waals surface area contributed by atoms with Crippen LogP contribution in [0.3, 0.4) is 0 Å². The molecule has 0 aliphatic carbocycles. The zero-order chi connectivity index (χ0) is 19.4. The molecule has 0 spiro atoms.